The number of hydrogen-bond acceptors (Lipinski definition) is 4. The Balaban J connectivity index is 1.94. The molecule has 2 rings (SSSR count). The van der Waals surface area contributed by atoms with E-state index in [1.165, 1.54) is 12.8 Å². The van der Waals surface area contributed by atoms with E-state index in [0.717, 1.165) is 19.0 Å². The summed E-state index contributed by atoms with van der Waals surface area (Å²) < 4.78 is 1.69. The molecule has 1 aliphatic carbocycles. The van der Waals surface area contributed by atoms with Crippen LogP contribution in [-0.2, 0) is 6.54 Å². The van der Waals surface area contributed by atoms with Gasteiger partial charge in [-0.1, -0.05) is 0 Å². The van der Waals surface area contributed by atoms with Crippen LogP contribution in [0.1, 0.15) is 19.8 Å². The maximum absolute atomic E-state index is 5.62. The summed E-state index contributed by atoms with van der Waals surface area (Å²) in [5.41, 5.74) is 5.62. The molecule has 3 N–H and O–H groups in total. The summed E-state index contributed by atoms with van der Waals surface area (Å²) >= 11 is 0. The lowest BCUT2D eigenvalue weighted by Crippen LogP contribution is -2.05. The predicted molar refractivity (Wildman–Crippen MR) is 51.3 cm³/mol. The Morgan fingerprint density at radius 2 is 2.38 bits per heavy atom. The molecule has 0 unspecified atom stereocenters. The lowest BCUT2D eigenvalue weighted by atomic mass is 10.4. The van der Waals surface area contributed by atoms with Crippen molar-refractivity contribution in [1.29, 1.82) is 0 Å². The molecule has 0 saturated heterocycles. The Morgan fingerprint density at radius 1 is 1.62 bits per heavy atom. The van der Waals surface area contributed by atoms with Crippen LogP contribution >= 0.6 is 0 Å². The van der Waals surface area contributed by atoms with E-state index in [1.807, 2.05) is 6.92 Å². The van der Waals surface area contributed by atoms with Gasteiger partial charge < -0.3 is 11.1 Å². The third kappa shape index (κ3) is 1.91. The number of aromatic nitrogens is 3. The second-order valence-corrected chi connectivity index (χ2v) is 3.43. The van der Waals surface area contributed by atoms with Gasteiger partial charge in [0.25, 0.3) is 0 Å². The number of nitrogen functional groups attached to an aromatic ring is 1. The summed E-state index contributed by atoms with van der Waals surface area (Å²) in [5.74, 6) is 1.97. The van der Waals surface area contributed by atoms with Crippen LogP contribution in [0.3, 0.4) is 0 Å². The van der Waals surface area contributed by atoms with Gasteiger partial charge in [0.05, 0.1) is 0 Å². The molecular formula is C8H15N5. The molecule has 5 heteroatoms. The first-order valence-electron chi connectivity index (χ1n) is 4.73. The smallest absolute Gasteiger partial charge is 0.243 e. The Kier molecular flexibility index (Phi) is 2.08. The van der Waals surface area contributed by atoms with Crippen LogP contribution in [0.15, 0.2) is 0 Å². The van der Waals surface area contributed by atoms with Crippen molar-refractivity contribution < 1.29 is 0 Å². The zero-order valence-corrected chi connectivity index (χ0v) is 7.82. The Bertz CT molecular complexity index is 289. The van der Waals surface area contributed by atoms with Crippen LogP contribution in [0.2, 0.25) is 0 Å². The van der Waals surface area contributed by atoms with E-state index in [4.69, 9.17) is 5.73 Å². The van der Waals surface area contributed by atoms with Gasteiger partial charge in [-0.05, 0) is 25.7 Å². The number of anilines is 2. The minimum atomic E-state index is 0.487. The largest absolute Gasteiger partial charge is 0.368 e. The standard InChI is InChI=1S/C8H15N5/c1-2-13-7(9)11-8(12-13)10-5-6-3-4-6/h6H,2-5H2,1H3,(H3,9,10,11,12). The van der Waals surface area contributed by atoms with Gasteiger partial charge in [-0.25, -0.2) is 4.68 Å². The summed E-state index contributed by atoms with van der Waals surface area (Å²) in [6, 6.07) is 0. The van der Waals surface area contributed by atoms with Gasteiger partial charge in [-0.3, -0.25) is 0 Å². The number of nitrogens with two attached hydrogens (primary N) is 1. The van der Waals surface area contributed by atoms with Gasteiger partial charge >= 0.3 is 0 Å². The number of nitrogens with zero attached hydrogens (tertiary/aromatic N) is 3. The second-order valence-electron chi connectivity index (χ2n) is 3.43. The number of hydrogen-bond donors (Lipinski definition) is 2. The van der Waals surface area contributed by atoms with Crippen molar-refractivity contribution in [3.05, 3.63) is 0 Å². The molecule has 0 spiro atoms. The fourth-order valence-electron chi connectivity index (χ4n) is 1.22. The van der Waals surface area contributed by atoms with E-state index in [9.17, 15) is 0 Å². The van der Waals surface area contributed by atoms with E-state index in [0.29, 0.717) is 11.9 Å². The van der Waals surface area contributed by atoms with Gasteiger partial charge in [-0.2, -0.15) is 4.98 Å². The Hall–Kier alpha value is -1.26. The van der Waals surface area contributed by atoms with Gasteiger partial charge in [-0.15, -0.1) is 5.10 Å². The molecule has 1 aromatic rings. The van der Waals surface area contributed by atoms with Crippen LogP contribution < -0.4 is 11.1 Å². The van der Waals surface area contributed by atoms with E-state index in [1.54, 1.807) is 4.68 Å². The summed E-state index contributed by atoms with van der Waals surface area (Å²) in [7, 11) is 0. The van der Waals surface area contributed by atoms with Crippen LogP contribution in [0, 0.1) is 5.92 Å². The van der Waals surface area contributed by atoms with Crippen LogP contribution in [0.4, 0.5) is 11.9 Å². The maximum Gasteiger partial charge on any atom is 0.243 e. The van der Waals surface area contributed by atoms with Crippen LogP contribution in [0.25, 0.3) is 0 Å². The molecule has 1 heterocycles. The SMILES string of the molecule is CCn1nc(NCC2CC2)nc1N. The highest BCUT2D eigenvalue weighted by Crippen LogP contribution is 2.28. The molecule has 72 valence electrons. The van der Waals surface area contributed by atoms with Crippen molar-refractivity contribution in [2.75, 3.05) is 17.6 Å². The summed E-state index contributed by atoms with van der Waals surface area (Å²) in [5, 5.41) is 7.38. The summed E-state index contributed by atoms with van der Waals surface area (Å²) in [4.78, 5) is 4.10. The summed E-state index contributed by atoms with van der Waals surface area (Å²) in [6.45, 7) is 3.74. The second kappa shape index (κ2) is 3.24. The molecule has 0 radical (unpaired) electrons. The van der Waals surface area contributed by atoms with Gasteiger partial charge in [0, 0.05) is 13.1 Å². The molecule has 0 aromatic carbocycles. The lowest BCUT2D eigenvalue weighted by Gasteiger charge is -1.97. The molecule has 0 bridgehead atoms. The van der Waals surface area contributed by atoms with Crippen molar-refractivity contribution >= 4 is 11.9 Å². The first-order chi connectivity index (χ1) is 6.29. The highest BCUT2D eigenvalue weighted by Gasteiger charge is 2.21. The molecule has 13 heavy (non-hydrogen) atoms. The normalized spacial score (nSPS) is 16.1. The topological polar surface area (TPSA) is 68.8 Å². The average Bonchev–Trinajstić information content (AvgIpc) is 2.87. The fraction of sp³-hybridized carbons (Fsp3) is 0.750. The monoisotopic (exact) mass is 181 g/mol. The number of nitrogens with one attached hydrogen (secondary N) is 1. The molecule has 1 fully saturated rings. The van der Waals surface area contributed by atoms with Crippen molar-refractivity contribution in [3.63, 3.8) is 0 Å². The van der Waals surface area contributed by atoms with E-state index in [2.05, 4.69) is 15.4 Å². The third-order valence-corrected chi connectivity index (χ3v) is 2.25. The zero-order chi connectivity index (χ0) is 9.26. The first-order valence-corrected chi connectivity index (χ1v) is 4.73. The van der Waals surface area contributed by atoms with Gasteiger partial charge in [0.2, 0.25) is 11.9 Å². The van der Waals surface area contributed by atoms with Crippen LogP contribution in [-0.4, -0.2) is 21.3 Å². The van der Waals surface area contributed by atoms with E-state index >= 15 is 0 Å². The molecule has 0 atom stereocenters. The number of rotatable bonds is 4. The van der Waals surface area contributed by atoms with Crippen molar-refractivity contribution in [2.24, 2.45) is 5.92 Å². The minimum absolute atomic E-state index is 0.487. The van der Waals surface area contributed by atoms with E-state index < -0.39 is 0 Å². The van der Waals surface area contributed by atoms with Gasteiger partial charge in [0.1, 0.15) is 0 Å². The molecule has 1 aliphatic rings. The lowest BCUT2D eigenvalue weighted by molar-refractivity contribution is 0.669. The quantitative estimate of drug-likeness (QED) is 0.717. The highest BCUT2D eigenvalue weighted by atomic mass is 15.4. The molecule has 0 amide bonds. The van der Waals surface area contributed by atoms with Crippen molar-refractivity contribution in [2.45, 2.75) is 26.3 Å². The molecule has 5 nitrogen and oxygen atoms in total. The molecule has 0 aliphatic heterocycles. The summed E-state index contributed by atoms with van der Waals surface area (Å²) in [6.07, 6.45) is 2.66. The van der Waals surface area contributed by atoms with Gasteiger partial charge in [0.15, 0.2) is 0 Å². The zero-order valence-electron chi connectivity index (χ0n) is 7.82. The Labute approximate surface area is 77.3 Å². The van der Waals surface area contributed by atoms with E-state index in [-0.39, 0.29) is 0 Å². The van der Waals surface area contributed by atoms with Crippen molar-refractivity contribution in [1.82, 2.24) is 14.8 Å². The molecule has 1 saturated carbocycles. The first kappa shape index (κ1) is 8.34. The molecular weight excluding hydrogens is 166 g/mol. The average molecular weight is 181 g/mol. The maximum atomic E-state index is 5.62. The van der Waals surface area contributed by atoms with Crippen LogP contribution in [0.5, 0.6) is 0 Å². The fourth-order valence-corrected chi connectivity index (χ4v) is 1.22. The number of aryl methyl sites for hydroxylation is 1. The Morgan fingerprint density at radius 3 is 2.92 bits per heavy atom. The predicted octanol–water partition coefficient (Wildman–Crippen LogP) is 0.702. The third-order valence-electron chi connectivity index (χ3n) is 2.25. The molecule has 1 aromatic heterocycles. The van der Waals surface area contributed by atoms with Crippen molar-refractivity contribution in [3.8, 4) is 0 Å². The minimum Gasteiger partial charge on any atom is -0.368 e. The highest BCUT2D eigenvalue weighted by molar-refractivity contribution is 5.31.